The number of rotatable bonds is 5. The summed E-state index contributed by atoms with van der Waals surface area (Å²) in [5.74, 6) is -0.562. The topological polar surface area (TPSA) is 35.5 Å². The molecule has 0 aliphatic rings. The number of esters is 1. The highest BCUT2D eigenvalue weighted by molar-refractivity contribution is 6.17. The van der Waals surface area contributed by atoms with Crippen LogP contribution >= 0.6 is 11.6 Å². The number of alkyl halides is 3. The number of carbonyl (C=O) groups excluding carboxylic acids is 1. The van der Waals surface area contributed by atoms with Crippen molar-refractivity contribution in [2.24, 2.45) is 0 Å². The molecule has 0 aliphatic carbocycles. The molecule has 1 aromatic rings. The quantitative estimate of drug-likeness (QED) is 0.611. The van der Waals surface area contributed by atoms with Crippen LogP contribution in [0.2, 0.25) is 0 Å². The molecule has 0 N–H and O–H groups in total. The Morgan fingerprint density at radius 3 is 2.61 bits per heavy atom. The predicted octanol–water partition coefficient (Wildman–Crippen LogP) is 3.51. The molecule has 0 aromatic heterocycles. The Balaban J connectivity index is 3.17. The maximum atomic E-state index is 12.2. The monoisotopic (exact) mass is 278 g/mol. The van der Waals surface area contributed by atoms with Crippen molar-refractivity contribution >= 4 is 17.6 Å². The van der Waals surface area contributed by atoms with E-state index < -0.39 is 12.6 Å². The summed E-state index contributed by atoms with van der Waals surface area (Å²) >= 11 is 5.70. The van der Waals surface area contributed by atoms with E-state index in [1.807, 2.05) is 0 Å². The standard InChI is InChI=1S/C12H13ClF2O3/c1-3-17-11(16)8-4-9(6-13)7(2)10(5-8)18-12(14)15/h4-5,12H,3,6H2,1-2H3. The Labute approximate surface area is 109 Å². The second kappa shape index (κ2) is 6.54. The molecule has 0 unspecified atom stereocenters. The van der Waals surface area contributed by atoms with Crippen LogP contribution in [0.25, 0.3) is 0 Å². The smallest absolute Gasteiger partial charge is 0.387 e. The van der Waals surface area contributed by atoms with Gasteiger partial charge in [-0.05, 0) is 37.1 Å². The van der Waals surface area contributed by atoms with Crippen LogP contribution in [0.3, 0.4) is 0 Å². The molecular weight excluding hydrogens is 266 g/mol. The van der Waals surface area contributed by atoms with E-state index in [0.29, 0.717) is 11.1 Å². The van der Waals surface area contributed by atoms with E-state index >= 15 is 0 Å². The first-order valence-electron chi connectivity index (χ1n) is 5.31. The zero-order chi connectivity index (χ0) is 13.7. The molecule has 1 rings (SSSR count). The molecule has 6 heteroatoms. The SMILES string of the molecule is CCOC(=O)c1cc(CCl)c(C)c(OC(F)F)c1. The number of halogens is 3. The molecule has 0 saturated heterocycles. The van der Waals surface area contributed by atoms with Crippen molar-refractivity contribution in [3.8, 4) is 5.75 Å². The zero-order valence-corrected chi connectivity index (χ0v) is 10.8. The van der Waals surface area contributed by atoms with Gasteiger partial charge in [0.1, 0.15) is 5.75 Å². The summed E-state index contributed by atoms with van der Waals surface area (Å²) in [4.78, 5) is 11.6. The Bertz CT molecular complexity index is 436. The number of carbonyl (C=O) groups is 1. The van der Waals surface area contributed by atoms with Gasteiger partial charge in [0.15, 0.2) is 0 Å². The van der Waals surface area contributed by atoms with Gasteiger partial charge in [-0.3, -0.25) is 0 Å². The third-order valence-electron chi connectivity index (χ3n) is 2.34. The van der Waals surface area contributed by atoms with Crippen molar-refractivity contribution in [2.75, 3.05) is 6.61 Å². The fourth-order valence-electron chi connectivity index (χ4n) is 1.43. The molecule has 0 spiro atoms. The van der Waals surface area contributed by atoms with Crippen molar-refractivity contribution in [1.29, 1.82) is 0 Å². The normalized spacial score (nSPS) is 10.6. The minimum atomic E-state index is -2.95. The van der Waals surface area contributed by atoms with Gasteiger partial charge in [0.05, 0.1) is 12.2 Å². The molecule has 0 heterocycles. The van der Waals surface area contributed by atoms with Crippen LogP contribution in [-0.4, -0.2) is 19.2 Å². The molecule has 100 valence electrons. The van der Waals surface area contributed by atoms with E-state index in [1.54, 1.807) is 13.8 Å². The first-order valence-corrected chi connectivity index (χ1v) is 5.84. The second-order valence-electron chi connectivity index (χ2n) is 3.49. The largest absolute Gasteiger partial charge is 0.462 e. The van der Waals surface area contributed by atoms with Crippen LogP contribution in [0.15, 0.2) is 12.1 Å². The molecule has 0 aliphatic heterocycles. The van der Waals surface area contributed by atoms with Gasteiger partial charge in [-0.2, -0.15) is 8.78 Å². The van der Waals surface area contributed by atoms with E-state index in [9.17, 15) is 13.6 Å². The van der Waals surface area contributed by atoms with Crippen molar-refractivity contribution < 1.29 is 23.0 Å². The van der Waals surface area contributed by atoms with Crippen LogP contribution in [0.1, 0.15) is 28.4 Å². The van der Waals surface area contributed by atoms with E-state index in [1.165, 1.54) is 12.1 Å². The number of ether oxygens (including phenoxy) is 2. The van der Waals surface area contributed by atoms with Gasteiger partial charge < -0.3 is 9.47 Å². The summed E-state index contributed by atoms with van der Waals surface area (Å²) in [5.41, 5.74) is 1.19. The first-order chi connectivity index (χ1) is 8.49. The number of hydrogen-bond donors (Lipinski definition) is 0. The Morgan fingerprint density at radius 1 is 1.44 bits per heavy atom. The van der Waals surface area contributed by atoms with Crippen molar-refractivity contribution in [1.82, 2.24) is 0 Å². The highest BCUT2D eigenvalue weighted by Gasteiger charge is 2.16. The summed E-state index contributed by atoms with van der Waals surface area (Å²) < 4.78 is 33.7. The third-order valence-corrected chi connectivity index (χ3v) is 2.63. The minimum Gasteiger partial charge on any atom is -0.462 e. The maximum absolute atomic E-state index is 12.2. The molecule has 0 saturated carbocycles. The lowest BCUT2D eigenvalue weighted by atomic mass is 10.0. The molecule has 0 radical (unpaired) electrons. The van der Waals surface area contributed by atoms with Crippen molar-refractivity contribution in [3.05, 3.63) is 28.8 Å². The Morgan fingerprint density at radius 2 is 2.11 bits per heavy atom. The average Bonchev–Trinajstić information content (AvgIpc) is 2.31. The molecule has 0 amide bonds. The van der Waals surface area contributed by atoms with E-state index in [2.05, 4.69) is 4.74 Å². The van der Waals surface area contributed by atoms with Crippen LogP contribution in [-0.2, 0) is 10.6 Å². The second-order valence-corrected chi connectivity index (χ2v) is 3.76. The number of hydrogen-bond acceptors (Lipinski definition) is 3. The molecule has 1 aromatic carbocycles. The molecule has 3 nitrogen and oxygen atoms in total. The molecule has 18 heavy (non-hydrogen) atoms. The summed E-state index contributed by atoms with van der Waals surface area (Å²) in [6.45, 7) is 0.507. The van der Waals surface area contributed by atoms with Crippen LogP contribution in [0.5, 0.6) is 5.75 Å². The lowest BCUT2D eigenvalue weighted by Crippen LogP contribution is -2.09. The van der Waals surface area contributed by atoms with Gasteiger partial charge in [-0.25, -0.2) is 4.79 Å². The van der Waals surface area contributed by atoms with E-state index in [-0.39, 0.29) is 23.8 Å². The molecular formula is C12H13ClF2O3. The van der Waals surface area contributed by atoms with Crippen molar-refractivity contribution in [3.63, 3.8) is 0 Å². The predicted molar refractivity (Wildman–Crippen MR) is 63.3 cm³/mol. The highest BCUT2D eigenvalue weighted by Crippen LogP contribution is 2.27. The lowest BCUT2D eigenvalue weighted by molar-refractivity contribution is -0.0504. The fraction of sp³-hybridized carbons (Fsp3) is 0.417. The maximum Gasteiger partial charge on any atom is 0.387 e. The molecule has 0 bridgehead atoms. The van der Waals surface area contributed by atoms with Crippen LogP contribution in [0.4, 0.5) is 8.78 Å². The summed E-state index contributed by atoms with van der Waals surface area (Å²) in [6, 6.07) is 2.74. The summed E-state index contributed by atoms with van der Waals surface area (Å²) in [5, 5.41) is 0. The average molecular weight is 279 g/mol. The third kappa shape index (κ3) is 3.57. The van der Waals surface area contributed by atoms with Gasteiger partial charge in [-0.1, -0.05) is 0 Å². The van der Waals surface area contributed by atoms with E-state index in [4.69, 9.17) is 16.3 Å². The van der Waals surface area contributed by atoms with Gasteiger partial charge >= 0.3 is 12.6 Å². The number of benzene rings is 1. The summed E-state index contributed by atoms with van der Waals surface area (Å²) in [7, 11) is 0. The minimum absolute atomic E-state index is 0.0637. The fourth-order valence-corrected chi connectivity index (χ4v) is 1.71. The summed E-state index contributed by atoms with van der Waals surface area (Å²) in [6.07, 6.45) is 0. The van der Waals surface area contributed by atoms with E-state index in [0.717, 1.165) is 0 Å². The van der Waals surface area contributed by atoms with Gasteiger partial charge in [0, 0.05) is 5.88 Å². The van der Waals surface area contributed by atoms with Crippen LogP contribution in [0, 0.1) is 6.92 Å². The lowest BCUT2D eigenvalue weighted by Gasteiger charge is -2.13. The van der Waals surface area contributed by atoms with Gasteiger partial charge in [0.25, 0.3) is 0 Å². The van der Waals surface area contributed by atoms with Gasteiger partial charge in [-0.15, -0.1) is 11.6 Å². The van der Waals surface area contributed by atoms with Gasteiger partial charge in [0.2, 0.25) is 0 Å². The first kappa shape index (κ1) is 14.7. The molecule has 0 atom stereocenters. The van der Waals surface area contributed by atoms with Crippen LogP contribution < -0.4 is 4.74 Å². The van der Waals surface area contributed by atoms with Crippen molar-refractivity contribution in [2.45, 2.75) is 26.3 Å². The Kier molecular flexibility index (Phi) is 5.34. The zero-order valence-electron chi connectivity index (χ0n) is 10.0. The Hall–Kier alpha value is -1.36. The molecule has 0 fully saturated rings. The highest BCUT2D eigenvalue weighted by atomic mass is 35.5.